The zero-order chi connectivity index (χ0) is 18.2. The largest absolute Gasteiger partial charge is 0.481 e. The molecule has 1 aromatic carbocycles. The molecule has 2 aliphatic rings. The second kappa shape index (κ2) is 6.51. The van der Waals surface area contributed by atoms with E-state index in [9.17, 15) is 19.5 Å². The molecule has 1 aliphatic carbocycles. The Hall–Kier alpha value is -2.35. The molecule has 25 heavy (non-hydrogen) atoms. The molecule has 7 nitrogen and oxygen atoms in total. The molecule has 0 aromatic heterocycles. The number of amides is 2. The summed E-state index contributed by atoms with van der Waals surface area (Å²) in [6.07, 6.45) is 0. The lowest BCUT2D eigenvalue weighted by Gasteiger charge is -2.08. The van der Waals surface area contributed by atoms with Crippen LogP contribution in [-0.2, 0) is 9.59 Å². The molecule has 1 aliphatic heterocycles. The quantitative estimate of drug-likeness (QED) is 0.758. The topological polar surface area (TPSA) is 108 Å². The highest BCUT2D eigenvalue weighted by atomic mass is 32.2. The number of aliphatic carboxylic acids is 1. The summed E-state index contributed by atoms with van der Waals surface area (Å²) in [6, 6.07) is 6.55. The Morgan fingerprint density at radius 2 is 2.00 bits per heavy atom. The molecule has 1 heterocycles. The smallest absolute Gasteiger partial charge is 0.307 e. The summed E-state index contributed by atoms with van der Waals surface area (Å²) >= 11 is 1.49. The Balaban J connectivity index is 1.67. The number of carboxylic acids is 1. The standard InChI is InChI=1S/C17H19N3O4S/c1-17(2)11(12(17)15(23)24)14(22)19-10-5-3-4-9(8-10)13(21)20-16-18-6-7-25-16/h3-5,8,11-12H,6-7H2,1-2H3,(H,19,22)(H,23,24)(H,18,20,21)/t11-,12-/m1/s1. The fourth-order valence-electron chi connectivity index (χ4n) is 3.13. The van der Waals surface area contributed by atoms with Crippen LogP contribution < -0.4 is 10.6 Å². The predicted octanol–water partition coefficient (Wildman–Crippen LogP) is 1.81. The molecule has 3 rings (SSSR count). The lowest BCUT2D eigenvalue weighted by atomic mass is 10.1. The van der Waals surface area contributed by atoms with Gasteiger partial charge >= 0.3 is 5.97 Å². The zero-order valence-electron chi connectivity index (χ0n) is 13.9. The van der Waals surface area contributed by atoms with Crippen molar-refractivity contribution in [2.45, 2.75) is 13.8 Å². The highest BCUT2D eigenvalue weighted by Crippen LogP contribution is 2.58. The summed E-state index contributed by atoms with van der Waals surface area (Å²) in [4.78, 5) is 40.0. The van der Waals surface area contributed by atoms with Crippen molar-refractivity contribution in [1.82, 2.24) is 5.32 Å². The van der Waals surface area contributed by atoms with Crippen LogP contribution >= 0.6 is 11.8 Å². The first-order valence-corrected chi connectivity index (χ1v) is 8.91. The van der Waals surface area contributed by atoms with Gasteiger partial charge in [0, 0.05) is 17.0 Å². The van der Waals surface area contributed by atoms with E-state index in [1.165, 1.54) is 11.8 Å². The Bertz CT molecular complexity index is 775. The average Bonchev–Trinajstić information content (AvgIpc) is 2.88. The van der Waals surface area contributed by atoms with Gasteiger partial charge in [0.1, 0.15) is 0 Å². The molecule has 1 aromatic rings. The summed E-state index contributed by atoms with van der Waals surface area (Å²) in [5.41, 5.74) is 0.297. The maximum absolute atomic E-state index is 12.4. The number of rotatable bonds is 4. The zero-order valence-corrected chi connectivity index (χ0v) is 14.7. The van der Waals surface area contributed by atoms with Gasteiger partial charge in [-0.15, -0.1) is 0 Å². The van der Waals surface area contributed by atoms with E-state index in [2.05, 4.69) is 15.6 Å². The molecule has 0 saturated heterocycles. The molecule has 2 atom stereocenters. The second-order valence-electron chi connectivity index (χ2n) is 6.67. The lowest BCUT2D eigenvalue weighted by molar-refractivity contribution is -0.140. The minimum absolute atomic E-state index is 0.292. The van der Waals surface area contributed by atoms with Crippen molar-refractivity contribution in [3.63, 3.8) is 0 Å². The van der Waals surface area contributed by atoms with E-state index >= 15 is 0 Å². The van der Waals surface area contributed by atoms with Crippen molar-refractivity contribution in [2.75, 3.05) is 17.6 Å². The lowest BCUT2D eigenvalue weighted by Crippen LogP contribution is -2.27. The molecule has 2 amide bonds. The van der Waals surface area contributed by atoms with Gasteiger partial charge in [-0.1, -0.05) is 31.7 Å². The second-order valence-corrected chi connectivity index (χ2v) is 7.76. The van der Waals surface area contributed by atoms with E-state index in [-0.39, 0.29) is 11.8 Å². The van der Waals surface area contributed by atoms with Crippen LogP contribution in [0.15, 0.2) is 29.3 Å². The molecule has 8 heteroatoms. The summed E-state index contributed by atoms with van der Waals surface area (Å²) in [5.74, 6) is -2.01. The number of benzene rings is 1. The maximum atomic E-state index is 12.4. The van der Waals surface area contributed by atoms with Gasteiger partial charge in [0.05, 0.1) is 18.4 Å². The first-order valence-electron chi connectivity index (χ1n) is 7.93. The van der Waals surface area contributed by atoms with E-state index in [1.54, 1.807) is 38.1 Å². The van der Waals surface area contributed by atoms with Crippen LogP contribution in [0.4, 0.5) is 5.69 Å². The summed E-state index contributed by atoms with van der Waals surface area (Å²) < 4.78 is 0. The summed E-state index contributed by atoms with van der Waals surface area (Å²) in [5, 5.41) is 15.2. The number of hydrogen-bond acceptors (Lipinski definition) is 5. The van der Waals surface area contributed by atoms with Crippen LogP contribution in [0.5, 0.6) is 0 Å². The molecular formula is C17H19N3O4S. The number of carbonyl (C=O) groups excluding carboxylic acids is 2. The van der Waals surface area contributed by atoms with Crippen LogP contribution in [0.25, 0.3) is 0 Å². The number of carbonyl (C=O) groups is 3. The van der Waals surface area contributed by atoms with Crippen LogP contribution in [-0.4, -0.2) is 40.4 Å². The average molecular weight is 361 g/mol. The number of amidine groups is 1. The molecule has 0 spiro atoms. The van der Waals surface area contributed by atoms with Crippen LogP contribution in [0, 0.1) is 17.3 Å². The van der Waals surface area contributed by atoms with E-state index in [0.717, 1.165) is 5.75 Å². The van der Waals surface area contributed by atoms with Gasteiger partial charge < -0.3 is 15.7 Å². The van der Waals surface area contributed by atoms with Gasteiger partial charge in [-0.25, -0.2) is 0 Å². The van der Waals surface area contributed by atoms with Crippen molar-refractivity contribution in [1.29, 1.82) is 0 Å². The monoisotopic (exact) mass is 361 g/mol. The molecular weight excluding hydrogens is 342 g/mol. The van der Waals surface area contributed by atoms with E-state index in [4.69, 9.17) is 0 Å². The molecule has 132 valence electrons. The number of carboxylic acid groups (broad SMARTS) is 1. The number of thioether (sulfide) groups is 1. The van der Waals surface area contributed by atoms with Gasteiger partial charge in [0.2, 0.25) is 5.91 Å². The SMILES string of the molecule is CC1(C)[C@@H](C(=O)O)[C@@H]1C(=O)Nc1cccc(C(=O)NC2=NCCS2)c1. The van der Waals surface area contributed by atoms with Gasteiger partial charge in [-0.3, -0.25) is 19.4 Å². The van der Waals surface area contributed by atoms with Gasteiger partial charge in [-0.05, 0) is 23.6 Å². The minimum Gasteiger partial charge on any atom is -0.481 e. The van der Waals surface area contributed by atoms with Crippen molar-refractivity contribution in [3.05, 3.63) is 29.8 Å². The third-order valence-corrected chi connectivity index (χ3v) is 5.47. The molecule has 0 bridgehead atoms. The first kappa shape index (κ1) is 17.5. The van der Waals surface area contributed by atoms with Gasteiger partial charge in [-0.2, -0.15) is 0 Å². The van der Waals surface area contributed by atoms with Crippen molar-refractivity contribution >= 4 is 40.4 Å². The molecule has 1 fully saturated rings. The number of nitrogens with zero attached hydrogens (tertiary/aromatic N) is 1. The summed E-state index contributed by atoms with van der Waals surface area (Å²) in [7, 11) is 0. The molecule has 0 unspecified atom stereocenters. The predicted molar refractivity (Wildman–Crippen MR) is 95.7 cm³/mol. The third-order valence-electron chi connectivity index (χ3n) is 4.57. The van der Waals surface area contributed by atoms with E-state index < -0.39 is 23.2 Å². The van der Waals surface area contributed by atoms with E-state index in [1.807, 2.05) is 0 Å². The third kappa shape index (κ3) is 3.53. The van der Waals surface area contributed by atoms with Crippen molar-refractivity contribution < 1.29 is 19.5 Å². The number of hydrogen-bond donors (Lipinski definition) is 3. The highest BCUT2D eigenvalue weighted by molar-refractivity contribution is 8.14. The molecule has 3 N–H and O–H groups in total. The van der Waals surface area contributed by atoms with Gasteiger partial charge in [0.25, 0.3) is 5.91 Å². The van der Waals surface area contributed by atoms with Crippen LogP contribution in [0.1, 0.15) is 24.2 Å². The molecule has 0 radical (unpaired) electrons. The van der Waals surface area contributed by atoms with Crippen molar-refractivity contribution in [3.8, 4) is 0 Å². The van der Waals surface area contributed by atoms with Crippen LogP contribution in [0.3, 0.4) is 0 Å². The Morgan fingerprint density at radius 3 is 2.60 bits per heavy atom. The summed E-state index contributed by atoms with van der Waals surface area (Å²) in [6.45, 7) is 4.22. The highest BCUT2D eigenvalue weighted by Gasteiger charge is 2.65. The fraction of sp³-hybridized carbons (Fsp3) is 0.412. The molecule has 1 saturated carbocycles. The maximum Gasteiger partial charge on any atom is 0.307 e. The van der Waals surface area contributed by atoms with Crippen LogP contribution in [0.2, 0.25) is 0 Å². The fourth-order valence-corrected chi connectivity index (χ4v) is 3.85. The van der Waals surface area contributed by atoms with Gasteiger partial charge in [0.15, 0.2) is 5.17 Å². The Kier molecular flexibility index (Phi) is 4.55. The first-order chi connectivity index (χ1) is 11.8. The normalized spacial score (nSPS) is 23.5. The Morgan fingerprint density at radius 1 is 1.24 bits per heavy atom. The van der Waals surface area contributed by atoms with E-state index in [0.29, 0.717) is 23.0 Å². The number of anilines is 1. The van der Waals surface area contributed by atoms with Crippen molar-refractivity contribution in [2.24, 2.45) is 22.2 Å². The number of aliphatic imine (C=N–C) groups is 1. The Labute approximate surface area is 149 Å². The number of nitrogens with one attached hydrogen (secondary N) is 2. The minimum atomic E-state index is -0.965.